The highest BCUT2D eigenvalue weighted by Crippen LogP contribution is 2.29. The lowest BCUT2D eigenvalue weighted by Crippen LogP contribution is -2.38. The summed E-state index contributed by atoms with van der Waals surface area (Å²) < 4.78 is 6.79. The Bertz CT molecular complexity index is 1250. The number of hydrogen-bond donors (Lipinski definition) is 1. The van der Waals surface area contributed by atoms with Crippen LogP contribution in [0.15, 0.2) is 41.3 Å². The Labute approximate surface area is 205 Å². The standard InChI is InChI=1S/C27H33N5O3/c1-18(33)24-17-35-30-26(24)20-11-14-32(15-12-20)13-10-19-6-8-21(9-7-19)28-27(34)22-4-3-5-25-23(22)16-31(2)29-25/h3-5,11,16-17,19,21H,6-10,12-15H2,1-2H3,(H,28,34). The maximum atomic E-state index is 12.9. The Morgan fingerprint density at radius 2 is 2.00 bits per heavy atom. The molecule has 0 unspecified atom stereocenters. The fraction of sp³-hybridized carbons (Fsp3) is 0.481. The number of Topliss-reactive ketones (excluding diaryl/α,β-unsaturated/α-hetero) is 1. The number of aryl methyl sites for hydroxylation is 1. The molecule has 1 aliphatic carbocycles. The van der Waals surface area contributed by atoms with Crippen LogP contribution in [0.25, 0.3) is 16.5 Å². The maximum absolute atomic E-state index is 12.9. The molecule has 1 amide bonds. The molecule has 0 radical (unpaired) electrons. The van der Waals surface area contributed by atoms with E-state index in [2.05, 4.69) is 26.5 Å². The molecule has 0 atom stereocenters. The van der Waals surface area contributed by atoms with Gasteiger partial charge in [-0.05, 0) is 75.6 Å². The number of benzene rings is 1. The van der Waals surface area contributed by atoms with Crippen LogP contribution in [0, 0.1) is 5.92 Å². The molecule has 5 rings (SSSR count). The summed E-state index contributed by atoms with van der Waals surface area (Å²) in [6, 6.07) is 5.96. The van der Waals surface area contributed by atoms with Gasteiger partial charge in [0.1, 0.15) is 12.0 Å². The molecule has 3 aromatic rings. The molecule has 0 bridgehead atoms. The van der Waals surface area contributed by atoms with E-state index in [0.29, 0.717) is 22.7 Å². The van der Waals surface area contributed by atoms with E-state index in [4.69, 9.17) is 4.52 Å². The number of nitrogens with zero attached hydrogens (tertiary/aromatic N) is 4. The van der Waals surface area contributed by atoms with Gasteiger partial charge in [0.15, 0.2) is 5.78 Å². The van der Waals surface area contributed by atoms with E-state index in [1.165, 1.54) is 12.7 Å². The van der Waals surface area contributed by atoms with Crippen molar-refractivity contribution in [1.29, 1.82) is 0 Å². The van der Waals surface area contributed by atoms with Crippen molar-refractivity contribution in [3.8, 4) is 0 Å². The van der Waals surface area contributed by atoms with Gasteiger partial charge in [-0.2, -0.15) is 5.10 Å². The molecule has 1 aliphatic heterocycles. The first-order valence-electron chi connectivity index (χ1n) is 12.6. The zero-order valence-corrected chi connectivity index (χ0v) is 20.5. The van der Waals surface area contributed by atoms with E-state index in [9.17, 15) is 9.59 Å². The van der Waals surface area contributed by atoms with Gasteiger partial charge in [-0.15, -0.1) is 0 Å². The molecule has 8 heteroatoms. The number of rotatable bonds is 7. The summed E-state index contributed by atoms with van der Waals surface area (Å²) in [5.74, 6) is 0.698. The second-order valence-corrected chi connectivity index (χ2v) is 9.93. The van der Waals surface area contributed by atoms with E-state index in [0.717, 1.165) is 68.2 Å². The topological polar surface area (TPSA) is 93.3 Å². The van der Waals surface area contributed by atoms with Crippen LogP contribution in [0.2, 0.25) is 0 Å². The third kappa shape index (κ3) is 5.22. The molecule has 1 aromatic carbocycles. The van der Waals surface area contributed by atoms with Crippen molar-refractivity contribution >= 4 is 28.2 Å². The van der Waals surface area contributed by atoms with E-state index in [-0.39, 0.29) is 17.7 Å². The van der Waals surface area contributed by atoms with Crippen LogP contribution in [-0.2, 0) is 7.05 Å². The van der Waals surface area contributed by atoms with Crippen LogP contribution in [0.4, 0.5) is 0 Å². The molecule has 2 aromatic heterocycles. The summed E-state index contributed by atoms with van der Waals surface area (Å²) in [5.41, 5.74) is 3.95. The smallest absolute Gasteiger partial charge is 0.252 e. The molecule has 8 nitrogen and oxygen atoms in total. The summed E-state index contributed by atoms with van der Waals surface area (Å²) in [7, 11) is 1.88. The van der Waals surface area contributed by atoms with Gasteiger partial charge in [-0.3, -0.25) is 19.2 Å². The van der Waals surface area contributed by atoms with Crippen molar-refractivity contribution in [1.82, 2.24) is 25.2 Å². The highest BCUT2D eigenvalue weighted by atomic mass is 16.5. The van der Waals surface area contributed by atoms with Crippen molar-refractivity contribution in [3.05, 3.63) is 53.6 Å². The third-order valence-electron chi connectivity index (χ3n) is 7.49. The molecule has 1 saturated carbocycles. The number of fused-ring (bicyclic) bond motifs is 1. The minimum absolute atomic E-state index is 0.00278. The average Bonchev–Trinajstić information content (AvgIpc) is 3.50. The third-order valence-corrected chi connectivity index (χ3v) is 7.49. The van der Waals surface area contributed by atoms with Gasteiger partial charge in [0, 0.05) is 37.8 Å². The first kappa shape index (κ1) is 23.5. The van der Waals surface area contributed by atoms with Gasteiger partial charge in [0.2, 0.25) is 0 Å². The van der Waals surface area contributed by atoms with Gasteiger partial charge in [0.05, 0.1) is 16.6 Å². The summed E-state index contributed by atoms with van der Waals surface area (Å²) in [6.07, 6.45) is 12.0. The highest BCUT2D eigenvalue weighted by molar-refractivity contribution is 6.06. The molecule has 3 heterocycles. The lowest BCUT2D eigenvalue weighted by atomic mass is 9.84. The van der Waals surface area contributed by atoms with Crippen molar-refractivity contribution in [2.24, 2.45) is 13.0 Å². The van der Waals surface area contributed by atoms with Gasteiger partial charge in [-0.1, -0.05) is 17.3 Å². The molecule has 0 spiro atoms. The van der Waals surface area contributed by atoms with Crippen LogP contribution in [-0.4, -0.2) is 57.2 Å². The van der Waals surface area contributed by atoms with Crippen LogP contribution in [0.3, 0.4) is 0 Å². The summed E-state index contributed by atoms with van der Waals surface area (Å²) in [5, 5.41) is 12.6. The number of amides is 1. The molecule has 2 aliphatic rings. The predicted octanol–water partition coefficient (Wildman–Crippen LogP) is 4.23. The number of aromatic nitrogens is 3. The minimum atomic E-state index is -0.00880. The first-order valence-corrected chi connectivity index (χ1v) is 12.6. The van der Waals surface area contributed by atoms with Crippen molar-refractivity contribution in [3.63, 3.8) is 0 Å². The Hall–Kier alpha value is -3.26. The molecule has 1 N–H and O–H groups in total. The number of nitrogens with one attached hydrogen (secondary N) is 1. The Kier molecular flexibility index (Phi) is 6.81. The monoisotopic (exact) mass is 475 g/mol. The highest BCUT2D eigenvalue weighted by Gasteiger charge is 2.25. The molecule has 35 heavy (non-hydrogen) atoms. The van der Waals surface area contributed by atoms with Gasteiger partial charge in [0.25, 0.3) is 5.91 Å². The zero-order chi connectivity index (χ0) is 24.4. The number of carbonyl (C=O) groups excluding carboxylic acids is 2. The Balaban J connectivity index is 1.07. The quantitative estimate of drug-likeness (QED) is 0.514. The van der Waals surface area contributed by atoms with Gasteiger partial charge >= 0.3 is 0 Å². The van der Waals surface area contributed by atoms with E-state index in [1.54, 1.807) is 11.6 Å². The fourth-order valence-electron chi connectivity index (χ4n) is 5.43. The molecule has 184 valence electrons. The second kappa shape index (κ2) is 10.2. The lowest BCUT2D eigenvalue weighted by molar-refractivity contribution is 0.0921. The van der Waals surface area contributed by atoms with Crippen molar-refractivity contribution in [2.45, 2.75) is 51.5 Å². The average molecular weight is 476 g/mol. The lowest BCUT2D eigenvalue weighted by Gasteiger charge is -2.32. The summed E-state index contributed by atoms with van der Waals surface area (Å²) >= 11 is 0. The van der Waals surface area contributed by atoms with Crippen LogP contribution >= 0.6 is 0 Å². The largest absolute Gasteiger partial charge is 0.363 e. The Morgan fingerprint density at radius 1 is 1.17 bits per heavy atom. The summed E-state index contributed by atoms with van der Waals surface area (Å²) in [4.78, 5) is 27.2. The second-order valence-electron chi connectivity index (χ2n) is 9.93. The van der Waals surface area contributed by atoms with Crippen molar-refractivity contribution in [2.75, 3.05) is 19.6 Å². The zero-order valence-electron chi connectivity index (χ0n) is 20.5. The molecular weight excluding hydrogens is 442 g/mol. The molecule has 0 saturated heterocycles. The van der Waals surface area contributed by atoms with E-state index >= 15 is 0 Å². The van der Waals surface area contributed by atoms with Gasteiger partial charge in [-0.25, -0.2) is 0 Å². The maximum Gasteiger partial charge on any atom is 0.252 e. The van der Waals surface area contributed by atoms with E-state index in [1.807, 2.05) is 31.4 Å². The molecule has 1 fully saturated rings. The minimum Gasteiger partial charge on any atom is -0.363 e. The Morgan fingerprint density at radius 3 is 2.74 bits per heavy atom. The van der Waals surface area contributed by atoms with Crippen molar-refractivity contribution < 1.29 is 14.1 Å². The number of hydrogen-bond acceptors (Lipinski definition) is 6. The molecular formula is C27H33N5O3. The van der Waals surface area contributed by atoms with E-state index < -0.39 is 0 Å². The van der Waals surface area contributed by atoms with Crippen LogP contribution < -0.4 is 5.32 Å². The fourth-order valence-corrected chi connectivity index (χ4v) is 5.43. The van der Waals surface area contributed by atoms with Crippen LogP contribution in [0.1, 0.15) is 71.9 Å². The number of carbonyl (C=O) groups is 2. The first-order chi connectivity index (χ1) is 17.0. The van der Waals surface area contributed by atoms with Gasteiger partial charge < -0.3 is 9.84 Å². The summed E-state index contributed by atoms with van der Waals surface area (Å²) in [6.45, 7) is 4.48. The predicted molar refractivity (Wildman–Crippen MR) is 134 cm³/mol. The van der Waals surface area contributed by atoms with Crippen LogP contribution in [0.5, 0.6) is 0 Å². The number of ketones is 1. The normalized spacial score (nSPS) is 21.1. The SMILES string of the molecule is CC(=O)c1conc1C1=CCN(CCC2CCC(NC(=O)c3cccc4nn(C)cc34)CC2)CC1.